The van der Waals surface area contributed by atoms with Crippen molar-refractivity contribution in [2.45, 2.75) is 51.1 Å². The molecule has 2 atom stereocenters. The molecule has 0 bridgehead atoms. The standard InChI is InChI=1S/C18H22INS/c1-2-7-15(13-8-4-3-5-9-13)20-16-10-6-11-17-14(16)12-18(19)21-17/h3-5,8-9,12,15-16,20H,2,6-7,10-11H2,1H3. The summed E-state index contributed by atoms with van der Waals surface area (Å²) >= 11 is 4.44. The first-order valence-corrected chi connectivity index (χ1v) is 9.76. The Morgan fingerprint density at radius 3 is 2.90 bits per heavy atom. The Hall–Kier alpha value is -0.390. The van der Waals surface area contributed by atoms with E-state index in [0.29, 0.717) is 12.1 Å². The molecule has 1 aliphatic rings. The van der Waals surface area contributed by atoms with Crippen molar-refractivity contribution in [1.29, 1.82) is 0 Å². The summed E-state index contributed by atoms with van der Waals surface area (Å²) in [6.07, 6.45) is 6.27. The molecule has 21 heavy (non-hydrogen) atoms. The topological polar surface area (TPSA) is 12.0 Å². The number of rotatable bonds is 5. The average Bonchev–Trinajstić information content (AvgIpc) is 2.89. The Morgan fingerprint density at radius 1 is 1.33 bits per heavy atom. The monoisotopic (exact) mass is 411 g/mol. The van der Waals surface area contributed by atoms with E-state index in [4.69, 9.17) is 0 Å². The smallest absolute Gasteiger partial charge is 0.0659 e. The van der Waals surface area contributed by atoms with Crippen LogP contribution in [0.5, 0.6) is 0 Å². The number of fused-ring (bicyclic) bond motifs is 1. The van der Waals surface area contributed by atoms with Crippen molar-refractivity contribution in [1.82, 2.24) is 5.32 Å². The molecule has 0 spiro atoms. The number of nitrogens with one attached hydrogen (secondary N) is 1. The molecule has 2 aromatic rings. The minimum absolute atomic E-state index is 0.477. The minimum Gasteiger partial charge on any atom is -0.303 e. The SMILES string of the molecule is CCCC(NC1CCCc2sc(I)cc21)c1ccccc1. The molecular formula is C18H22INS. The van der Waals surface area contributed by atoms with Gasteiger partial charge in [-0.25, -0.2) is 0 Å². The molecule has 0 aliphatic heterocycles. The molecule has 3 rings (SSSR count). The Balaban J connectivity index is 1.80. The van der Waals surface area contributed by atoms with E-state index in [1.165, 1.54) is 40.6 Å². The highest BCUT2D eigenvalue weighted by molar-refractivity contribution is 14.1. The quantitative estimate of drug-likeness (QED) is 0.608. The first-order chi connectivity index (χ1) is 10.3. The molecule has 1 nitrogen and oxygen atoms in total. The predicted molar refractivity (Wildman–Crippen MR) is 99.9 cm³/mol. The summed E-state index contributed by atoms with van der Waals surface area (Å²) in [7, 11) is 0. The van der Waals surface area contributed by atoms with Crippen LogP contribution >= 0.6 is 33.9 Å². The second-order valence-electron chi connectivity index (χ2n) is 5.79. The molecule has 1 heterocycles. The van der Waals surface area contributed by atoms with Gasteiger partial charge in [-0.3, -0.25) is 0 Å². The fourth-order valence-corrected chi connectivity index (χ4v) is 5.38. The van der Waals surface area contributed by atoms with Gasteiger partial charge in [0.05, 0.1) is 2.88 Å². The lowest BCUT2D eigenvalue weighted by Gasteiger charge is -2.29. The molecule has 0 saturated carbocycles. The van der Waals surface area contributed by atoms with Gasteiger partial charge in [-0.15, -0.1) is 11.3 Å². The summed E-state index contributed by atoms with van der Waals surface area (Å²) in [5.41, 5.74) is 2.99. The van der Waals surface area contributed by atoms with E-state index in [-0.39, 0.29) is 0 Å². The second-order valence-corrected chi connectivity index (χ2v) is 8.82. The Morgan fingerprint density at radius 2 is 2.14 bits per heavy atom. The van der Waals surface area contributed by atoms with E-state index >= 15 is 0 Å². The number of hydrogen-bond donors (Lipinski definition) is 1. The van der Waals surface area contributed by atoms with Gasteiger partial charge in [0.15, 0.2) is 0 Å². The van der Waals surface area contributed by atoms with Crippen molar-refractivity contribution < 1.29 is 0 Å². The highest BCUT2D eigenvalue weighted by atomic mass is 127. The van der Waals surface area contributed by atoms with E-state index in [1.54, 1.807) is 10.4 Å². The number of hydrogen-bond acceptors (Lipinski definition) is 2. The van der Waals surface area contributed by atoms with E-state index in [9.17, 15) is 0 Å². The fourth-order valence-electron chi connectivity index (χ4n) is 3.26. The van der Waals surface area contributed by atoms with Crippen molar-refractivity contribution >= 4 is 33.9 Å². The van der Waals surface area contributed by atoms with Gasteiger partial charge < -0.3 is 5.32 Å². The van der Waals surface area contributed by atoms with E-state index in [2.05, 4.69) is 71.2 Å². The number of thiophene rings is 1. The molecule has 1 aromatic heterocycles. The second kappa shape index (κ2) is 7.25. The zero-order valence-corrected chi connectivity index (χ0v) is 15.4. The van der Waals surface area contributed by atoms with Crippen LogP contribution in [-0.2, 0) is 6.42 Å². The highest BCUT2D eigenvalue weighted by Crippen LogP contribution is 2.38. The summed E-state index contributed by atoms with van der Waals surface area (Å²) in [5.74, 6) is 0. The third-order valence-corrected chi connectivity index (χ3v) is 6.24. The maximum absolute atomic E-state index is 3.95. The molecule has 0 fully saturated rings. The van der Waals surface area contributed by atoms with Crippen LogP contribution in [-0.4, -0.2) is 0 Å². The Labute approximate surface area is 145 Å². The molecule has 112 valence electrons. The van der Waals surface area contributed by atoms with E-state index in [0.717, 1.165) is 0 Å². The lowest BCUT2D eigenvalue weighted by molar-refractivity contribution is 0.386. The first-order valence-electron chi connectivity index (χ1n) is 7.87. The fraction of sp³-hybridized carbons (Fsp3) is 0.444. The van der Waals surface area contributed by atoms with Crippen LogP contribution in [0.1, 0.15) is 60.7 Å². The Bertz CT molecular complexity index is 578. The molecular weight excluding hydrogens is 389 g/mol. The van der Waals surface area contributed by atoms with Gasteiger partial charge in [-0.05, 0) is 65.5 Å². The third-order valence-electron chi connectivity index (χ3n) is 4.27. The minimum atomic E-state index is 0.477. The van der Waals surface area contributed by atoms with Crippen molar-refractivity contribution in [3.05, 3.63) is 55.3 Å². The summed E-state index contributed by atoms with van der Waals surface area (Å²) in [6.45, 7) is 2.28. The van der Waals surface area contributed by atoms with Gasteiger partial charge in [0.1, 0.15) is 0 Å². The van der Waals surface area contributed by atoms with Crippen molar-refractivity contribution in [3.63, 3.8) is 0 Å². The molecule has 0 amide bonds. The molecule has 2 unspecified atom stereocenters. The Kier molecular flexibility index (Phi) is 5.35. The van der Waals surface area contributed by atoms with Crippen LogP contribution in [0.2, 0.25) is 0 Å². The third kappa shape index (κ3) is 3.69. The first kappa shape index (κ1) is 15.5. The zero-order chi connectivity index (χ0) is 14.7. The summed E-state index contributed by atoms with van der Waals surface area (Å²) in [6, 6.07) is 14.3. The van der Waals surface area contributed by atoms with Crippen molar-refractivity contribution in [2.75, 3.05) is 0 Å². The highest BCUT2D eigenvalue weighted by Gasteiger charge is 2.25. The molecule has 1 N–H and O–H groups in total. The summed E-state index contributed by atoms with van der Waals surface area (Å²) in [5, 5.41) is 3.95. The summed E-state index contributed by atoms with van der Waals surface area (Å²) in [4.78, 5) is 1.60. The van der Waals surface area contributed by atoms with E-state index in [1.807, 2.05) is 11.3 Å². The maximum atomic E-state index is 3.95. The molecule has 3 heteroatoms. The molecule has 0 radical (unpaired) electrons. The average molecular weight is 411 g/mol. The van der Waals surface area contributed by atoms with Crippen molar-refractivity contribution in [2.24, 2.45) is 0 Å². The zero-order valence-electron chi connectivity index (χ0n) is 12.4. The van der Waals surface area contributed by atoms with Crippen LogP contribution < -0.4 is 5.32 Å². The number of aryl methyl sites for hydroxylation is 1. The maximum Gasteiger partial charge on any atom is 0.0659 e. The van der Waals surface area contributed by atoms with Gasteiger partial charge in [0.25, 0.3) is 0 Å². The van der Waals surface area contributed by atoms with Crippen LogP contribution in [0.3, 0.4) is 0 Å². The van der Waals surface area contributed by atoms with Gasteiger partial charge in [0, 0.05) is 17.0 Å². The summed E-state index contributed by atoms with van der Waals surface area (Å²) < 4.78 is 1.43. The molecule has 1 aromatic carbocycles. The number of benzene rings is 1. The van der Waals surface area contributed by atoms with Crippen molar-refractivity contribution in [3.8, 4) is 0 Å². The van der Waals surface area contributed by atoms with Gasteiger partial charge in [-0.2, -0.15) is 0 Å². The van der Waals surface area contributed by atoms with E-state index < -0.39 is 0 Å². The lowest BCUT2D eigenvalue weighted by atomic mass is 9.92. The normalized spacial score (nSPS) is 19.2. The molecule has 0 saturated heterocycles. The number of halogens is 1. The largest absolute Gasteiger partial charge is 0.303 e. The lowest BCUT2D eigenvalue weighted by Crippen LogP contribution is -2.28. The molecule has 1 aliphatic carbocycles. The van der Waals surface area contributed by atoms with Gasteiger partial charge in [-0.1, -0.05) is 43.7 Å². The van der Waals surface area contributed by atoms with Crippen LogP contribution in [0.25, 0.3) is 0 Å². The van der Waals surface area contributed by atoms with Crippen LogP contribution in [0.15, 0.2) is 36.4 Å². The van der Waals surface area contributed by atoms with Gasteiger partial charge in [0.2, 0.25) is 0 Å². The van der Waals surface area contributed by atoms with Crippen LogP contribution in [0.4, 0.5) is 0 Å². The predicted octanol–water partition coefficient (Wildman–Crippen LogP) is 5.86. The van der Waals surface area contributed by atoms with Gasteiger partial charge >= 0.3 is 0 Å². The van der Waals surface area contributed by atoms with Crippen LogP contribution in [0, 0.1) is 2.88 Å².